The van der Waals surface area contributed by atoms with Gasteiger partial charge < -0.3 is 14.9 Å². The summed E-state index contributed by atoms with van der Waals surface area (Å²) in [5.41, 5.74) is -0.0368. The van der Waals surface area contributed by atoms with Crippen molar-refractivity contribution in [1.82, 2.24) is 0 Å². The zero-order valence-electron chi connectivity index (χ0n) is 22.5. The van der Waals surface area contributed by atoms with Gasteiger partial charge in [0.05, 0.1) is 30.2 Å². The fraction of sp³-hybridized carbons (Fsp3) is 0.733. The highest BCUT2D eigenvalue weighted by Crippen LogP contribution is 2.69. The minimum absolute atomic E-state index is 0.0146. The van der Waals surface area contributed by atoms with Crippen LogP contribution in [0.15, 0.2) is 39.2 Å². The third-order valence-electron chi connectivity index (χ3n) is 10.5. The fourth-order valence-electron chi connectivity index (χ4n) is 8.78. The van der Waals surface area contributed by atoms with Gasteiger partial charge in [-0.25, -0.2) is 9.78 Å². The molecule has 1 heterocycles. The normalized spacial score (nSPS) is 44.5. The van der Waals surface area contributed by atoms with Crippen molar-refractivity contribution in [1.29, 1.82) is 0 Å². The minimum atomic E-state index is -0.928. The number of thioether (sulfide) groups is 1. The van der Waals surface area contributed by atoms with Crippen molar-refractivity contribution in [3.63, 3.8) is 0 Å². The maximum absolute atomic E-state index is 12.8. The van der Waals surface area contributed by atoms with Crippen molar-refractivity contribution >= 4 is 27.7 Å². The van der Waals surface area contributed by atoms with Gasteiger partial charge in [0.2, 0.25) is 0 Å². The maximum Gasteiger partial charge on any atom is 0.120 e. The SMILES string of the molecule is COc1ccc(Br)c(S[C@]23CCC4(CC(C)(C)COO4)C[C@]2(O)CC[C@@H]2C3=CC[C@]3(C)[C@@H](O)CC[C@@H]23)c1. The van der Waals surface area contributed by atoms with Crippen LogP contribution in [0.2, 0.25) is 0 Å². The number of aliphatic hydroxyl groups excluding tert-OH is 1. The molecule has 1 spiro atoms. The molecule has 1 unspecified atom stereocenters. The predicted molar refractivity (Wildman–Crippen MR) is 149 cm³/mol. The summed E-state index contributed by atoms with van der Waals surface area (Å²) >= 11 is 5.61. The zero-order chi connectivity index (χ0) is 26.3. The van der Waals surface area contributed by atoms with E-state index in [2.05, 4.69) is 48.8 Å². The van der Waals surface area contributed by atoms with Crippen molar-refractivity contribution in [3.05, 3.63) is 34.3 Å². The second-order valence-electron chi connectivity index (χ2n) is 13.5. The average molecular weight is 594 g/mol. The molecule has 37 heavy (non-hydrogen) atoms. The highest BCUT2D eigenvalue weighted by molar-refractivity contribution is 9.10. The lowest BCUT2D eigenvalue weighted by atomic mass is 9.51. The molecule has 1 aromatic rings. The van der Waals surface area contributed by atoms with E-state index in [1.165, 1.54) is 5.57 Å². The summed E-state index contributed by atoms with van der Waals surface area (Å²) < 4.78 is 6.14. The molecule has 1 aliphatic heterocycles. The van der Waals surface area contributed by atoms with Crippen molar-refractivity contribution in [3.8, 4) is 5.75 Å². The number of ether oxygens (including phenoxy) is 1. The number of rotatable bonds is 3. The maximum atomic E-state index is 12.8. The number of benzene rings is 1. The molecule has 5 nitrogen and oxygen atoms in total. The lowest BCUT2D eigenvalue weighted by Gasteiger charge is -2.63. The largest absolute Gasteiger partial charge is 0.497 e. The average Bonchev–Trinajstić information content (AvgIpc) is 3.14. The molecule has 0 aromatic heterocycles. The summed E-state index contributed by atoms with van der Waals surface area (Å²) in [6, 6.07) is 6.11. The number of aliphatic hydroxyl groups is 2. The van der Waals surface area contributed by atoms with Crippen molar-refractivity contribution in [2.75, 3.05) is 13.7 Å². The lowest BCUT2D eigenvalue weighted by molar-refractivity contribution is -0.417. The first-order valence-corrected chi connectivity index (χ1v) is 15.5. The van der Waals surface area contributed by atoms with Gasteiger partial charge in [-0.2, -0.15) is 0 Å². The highest BCUT2D eigenvalue weighted by Gasteiger charge is 2.67. The zero-order valence-corrected chi connectivity index (χ0v) is 24.9. The van der Waals surface area contributed by atoms with Gasteiger partial charge in [-0.05, 0) is 103 Å². The van der Waals surface area contributed by atoms with E-state index in [9.17, 15) is 10.2 Å². The number of allylic oxidation sites excluding steroid dienone is 1. The molecule has 4 fully saturated rings. The van der Waals surface area contributed by atoms with Gasteiger partial charge in [0.15, 0.2) is 0 Å². The van der Waals surface area contributed by atoms with Gasteiger partial charge in [0.25, 0.3) is 0 Å². The monoisotopic (exact) mass is 592 g/mol. The van der Waals surface area contributed by atoms with E-state index in [0.717, 1.165) is 66.5 Å². The fourth-order valence-corrected chi connectivity index (χ4v) is 10.9. The molecular formula is C30H41BrO5S. The Labute approximate surface area is 233 Å². The Kier molecular flexibility index (Phi) is 6.46. The summed E-state index contributed by atoms with van der Waals surface area (Å²) in [6.07, 6.45) is 9.83. The van der Waals surface area contributed by atoms with Crippen LogP contribution in [0.1, 0.15) is 78.6 Å². The predicted octanol–water partition coefficient (Wildman–Crippen LogP) is 6.84. The number of halogens is 1. The summed E-state index contributed by atoms with van der Waals surface area (Å²) in [4.78, 5) is 12.9. The topological polar surface area (TPSA) is 68.2 Å². The quantitative estimate of drug-likeness (QED) is 0.296. The van der Waals surface area contributed by atoms with Crippen LogP contribution >= 0.6 is 27.7 Å². The minimum Gasteiger partial charge on any atom is -0.497 e. The molecular weight excluding hydrogens is 552 g/mol. The van der Waals surface area contributed by atoms with Gasteiger partial charge >= 0.3 is 0 Å². The van der Waals surface area contributed by atoms with Crippen LogP contribution in [0.25, 0.3) is 0 Å². The second kappa shape index (κ2) is 8.97. The van der Waals surface area contributed by atoms with Crippen LogP contribution in [0.4, 0.5) is 0 Å². The number of fused-ring (bicyclic) bond motifs is 5. The van der Waals surface area contributed by atoms with Crippen LogP contribution in [-0.4, -0.2) is 46.0 Å². The molecule has 0 radical (unpaired) electrons. The molecule has 4 aliphatic carbocycles. The molecule has 7 atom stereocenters. The van der Waals surface area contributed by atoms with E-state index in [1.807, 2.05) is 23.9 Å². The molecule has 1 saturated heterocycles. The third-order valence-corrected chi connectivity index (χ3v) is 13.2. The summed E-state index contributed by atoms with van der Waals surface area (Å²) in [6.45, 7) is 7.34. The van der Waals surface area contributed by atoms with E-state index in [4.69, 9.17) is 14.5 Å². The Morgan fingerprint density at radius 2 is 1.89 bits per heavy atom. The first-order valence-electron chi connectivity index (χ1n) is 13.9. The summed E-state index contributed by atoms with van der Waals surface area (Å²) in [7, 11) is 1.70. The van der Waals surface area contributed by atoms with E-state index < -0.39 is 15.9 Å². The molecule has 7 heteroatoms. The molecule has 5 aliphatic rings. The Morgan fingerprint density at radius 1 is 1.08 bits per heavy atom. The number of hydrogen-bond donors (Lipinski definition) is 2. The standard InChI is InChI=1S/C30H41BrO5S/c1-26(2)16-28(36-35-18-26)13-14-30(37-24-15-19(34-4)5-7-23(24)31)22-10-11-27(3)21(6-8-25(27)32)20(22)9-12-29(30,33)17-28/h5,7,10,15,20-21,25,32-33H,6,8-9,11-14,16-18H2,1-4H3/t20-,21-,25-,27-,28?,29+,30-/m0/s1. The molecule has 3 saturated carbocycles. The molecule has 6 rings (SSSR count). The van der Waals surface area contributed by atoms with Gasteiger partial charge in [0.1, 0.15) is 11.4 Å². The summed E-state index contributed by atoms with van der Waals surface area (Å²) in [5, 5.41) is 23.7. The van der Waals surface area contributed by atoms with Crippen molar-refractivity contribution in [2.24, 2.45) is 22.7 Å². The third kappa shape index (κ3) is 4.09. The summed E-state index contributed by atoms with van der Waals surface area (Å²) in [5.74, 6) is 1.67. The number of hydrogen-bond acceptors (Lipinski definition) is 6. The first kappa shape index (κ1) is 26.6. The molecule has 1 aromatic carbocycles. The Balaban J connectivity index is 1.45. The lowest BCUT2D eigenvalue weighted by Crippen LogP contribution is -2.67. The van der Waals surface area contributed by atoms with Crippen LogP contribution in [-0.2, 0) is 9.78 Å². The Hall–Kier alpha value is -0.570. The van der Waals surface area contributed by atoms with Gasteiger partial charge in [-0.3, -0.25) is 0 Å². The molecule has 204 valence electrons. The van der Waals surface area contributed by atoms with E-state index in [1.54, 1.807) is 7.11 Å². The Morgan fingerprint density at radius 3 is 2.65 bits per heavy atom. The second-order valence-corrected chi connectivity index (χ2v) is 15.7. The van der Waals surface area contributed by atoms with Crippen LogP contribution in [0.5, 0.6) is 5.75 Å². The Bertz CT molecular complexity index is 1110. The van der Waals surface area contributed by atoms with Gasteiger partial charge in [-0.1, -0.05) is 32.4 Å². The smallest absolute Gasteiger partial charge is 0.120 e. The van der Waals surface area contributed by atoms with Gasteiger partial charge in [0, 0.05) is 21.2 Å². The number of methoxy groups -OCH3 is 1. The van der Waals surface area contributed by atoms with Crippen LogP contribution in [0, 0.1) is 22.7 Å². The van der Waals surface area contributed by atoms with Crippen molar-refractivity contribution < 1.29 is 24.7 Å². The molecule has 0 bridgehead atoms. The highest BCUT2D eigenvalue weighted by atomic mass is 79.9. The van der Waals surface area contributed by atoms with Crippen molar-refractivity contribution in [2.45, 2.75) is 106 Å². The van der Waals surface area contributed by atoms with E-state index in [0.29, 0.717) is 24.9 Å². The van der Waals surface area contributed by atoms with Crippen LogP contribution < -0.4 is 4.74 Å². The van der Waals surface area contributed by atoms with Crippen LogP contribution in [0.3, 0.4) is 0 Å². The first-order chi connectivity index (χ1) is 17.4. The molecule has 0 amide bonds. The van der Waals surface area contributed by atoms with E-state index >= 15 is 0 Å². The van der Waals surface area contributed by atoms with Gasteiger partial charge in [-0.15, -0.1) is 11.8 Å². The van der Waals surface area contributed by atoms with E-state index in [-0.39, 0.29) is 16.9 Å². The molecule has 2 N–H and O–H groups in total.